The van der Waals surface area contributed by atoms with Crippen molar-refractivity contribution in [2.24, 2.45) is 4.99 Å². The van der Waals surface area contributed by atoms with Gasteiger partial charge in [0, 0.05) is 0 Å². The summed E-state index contributed by atoms with van der Waals surface area (Å²) in [5.74, 6) is 1.26. The van der Waals surface area contributed by atoms with E-state index in [1.54, 1.807) is 37.7 Å². The molecule has 0 fully saturated rings. The number of esters is 1. The highest BCUT2D eigenvalue weighted by Gasteiger charge is 2.34. The third kappa shape index (κ3) is 7.34. The highest BCUT2D eigenvalue weighted by Crippen LogP contribution is 2.37. The summed E-state index contributed by atoms with van der Waals surface area (Å²) in [6, 6.07) is 23.1. The van der Waals surface area contributed by atoms with Gasteiger partial charge >= 0.3 is 5.97 Å². The number of hydrogen-bond acceptors (Lipinski definition) is 8. The van der Waals surface area contributed by atoms with Crippen LogP contribution in [-0.2, 0) is 16.1 Å². The first kappa shape index (κ1) is 34.9. The lowest BCUT2D eigenvalue weighted by atomic mass is 9.95. The summed E-state index contributed by atoms with van der Waals surface area (Å²) < 4.78 is 27.0. The summed E-state index contributed by atoms with van der Waals surface area (Å²) in [5.41, 5.74) is 3.07. The number of carbonyl (C=O) groups excluding carboxylic acids is 1. The first-order chi connectivity index (χ1) is 23.6. The smallest absolute Gasteiger partial charge is 0.338 e. The molecule has 252 valence electrons. The number of aromatic nitrogens is 1. The Balaban J connectivity index is 1.37. The molecule has 0 saturated heterocycles. The Morgan fingerprint density at radius 3 is 2.55 bits per heavy atom. The molecule has 11 heteroatoms. The van der Waals surface area contributed by atoms with Crippen LogP contribution in [0.3, 0.4) is 0 Å². The molecule has 1 aliphatic heterocycles. The number of carbonyl (C=O) groups is 1. The van der Waals surface area contributed by atoms with Gasteiger partial charge in [0.1, 0.15) is 12.4 Å². The van der Waals surface area contributed by atoms with Crippen molar-refractivity contribution < 1.29 is 23.7 Å². The van der Waals surface area contributed by atoms with E-state index in [0.717, 1.165) is 30.3 Å². The van der Waals surface area contributed by atoms with Crippen LogP contribution in [0.2, 0.25) is 0 Å². The monoisotopic (exact) mass is 852 g/mol. The molecule has 4 aromatic carbocycles. The van der Waals surface area contributed by atoms with Crippen LogP contribution in [-0.4, -0.2) is 30.4 Å². The van der Waals surface area contributed by atoms with Gasteiger partial charge in [-0.15, -0.1) is 0 Å². The fourth-order valence-electron chi connectivity index (χ4n) is 5.75. The number of allylic oxidation sites excluding steroid dienone is 1. The minimum absolute atomic E-state index is 0.0667. The molecule has 6 rings (SSSR count). The zero-order chi connectivity index (χ0) is 34.8. The van der Waals surface area contributed by atoms with Gasteiger partial charge in [-0.25, -0.2) is 9.79 Å². The van der Waals surface area contributed by atoms with E-state index < -0.39 is 12.0 Å². The quantitative estimate of drug-likeness (QED) is 0.106. The van der Waals surface area contributed by atoms with Crippen LogP contribution in [0.5, 0.6) is 17.2 Å². The molecule has 2 heterocycles. The Bertz CT molecular complexity index is 2270. The van der Waals surface area contributed by atoms with E-state index in [9.17, 15) is 9.59 Å². The van der Waals surface area contributed by atoms with E-state index in [4.69, 9.17) is 23.9 Å². The third-order valence-electron chi connectivity index (χ3n) is 7.90. The van der Waals surface area contributed by atoms with E-state index in [1.807, 2.05) is 50.3 Å². The molecule has 5 aromatic rings. The second-order valence-corrected chi connectivity index (χ2v) is 14.7. The summed E-state index contributed by atoms with van der Waals surface area (Å²) in [6.07, 6.45) is 1.77. The number of halogens is 2. The molecule has 0 unspecified atom stereocenters. The first-order valence-corrected chi connectivity index (χ1v) is 18.4. The maximum Gasteiger partial charge on any atom is 0.338 e. The maximum atomic E-state index is 14.2. The summed E-state index contributed by atoms with van der Waals surface area (Å²) in [6.45, 7) is 7.98. The SMILES string of the molecule is CCOC(=O)C1=C(C)N=c2s/c(=C\c3cc(Br)c(OCc4ccc5ccccc5c4)c(I)c3)c(=O)n2[C@@H]1c1ccc(OC(C)C)c(OC)c1. The molecule has 49 heavy (non-hydrogen) atoms. The molecule has 0 radical (unpaired) electrons. The molecule has 0 amide bonds. The number of ether oxygens (including phenoxy) is 4. The number of fused-ring (bicyclic) bond motifs is 2. The van der Waals surface area contributed by atoms with Crippen LogP contribution in [0.25, 0.3) is 16.8 Å². The van der Waals surface area contributed by atoms with E-state index in [2.05, 4.69) is 68.9 Å². The Morgan fingerprint density at radius 2 is 1.84 bits per heavy atom. The normalized spacial score (nSPS) is 14.5. The second kappa shape index (κ2) is 14.9. The Kier molecular flexibility index (Phi) is 10.6. The predicted octanol–water partition coefficient (Wildman–Crippen LogP) is 7.69. The van der Waals surface area contributed by atoms with Gasteiger partial charge in [-0.05, 0) is 130 Å². The average molecular weight is 854 g/mol. The van der Waals surface area contributed by atoms with Crippen molar-refractivity contribution in [1.82, 2.24) is 4.57 Å². The van der Waals surface area contributed by atoms with Crippen LogP contribution in [0.1, 0.15) is 50.4 Å². The number of methoxy groups -OCH3 is 1. The predicted molar refractivity (Wildman–Crippen MR) is 204 cm³/mol. The molecule has 0 N–H and O–H groups in total. The lowest BCUT2D eigenvalue weighted by molar-refractivity contribution is -0.139. The molecule has 1 atom stereocenters. The lowest BCUT2D eigenvalue weighted by Gasteiger charge is -2.25. The van der Waals surface area contributed by atoms with Crippen molar-refractivity contribution in [2.45, 2.75) is 46.4 Å². The standard InChI is InChI=1S/C38H34BrIN2O6S/c1-6-46-37(44)33-22(4)41-38-42(34(33)27-13-14-30(48-21(2)3)31(19-27)45-5)36(43)32(49-38)18-24-16-28(39)35(29(40)17-24)47-20-23-11-12-25-9-7-8-10-26(25)15-23/h7-19,21,34H,6,20H2,1-5H3/b32-18-/t34-/m1/s1. The lowest BCUT2D eigenvalue weighted by Crippen LogP contribution is -2.40. The van der Waals surface area contributed by atoms with Crippen LogP contribution in [0.15, 0.2) is 98.3 Å². The molecule has 0 bridgehead atoms. The van der Waals surface area contributed by atoms with Crippen molar-refractivity contribution in [3.8, 4) is 17.2 Å². The van der Waals surface area contributed by atoms with Crippen molar-refractivity contribution in [3.05, 3.63) is 128 Å². The number of rotatable bonds is 10. The summed E-state index contributed by atoms with van der Waals surface area (Å²) in [7, 11) is 1.56. The summed E-state index contributed by atoms with van der Waals surface area (Å²) in [4.78, 5) is 32.7. The van der Waals surface area contributed by atoms with E-state index in [0.29, 0.717) is 44.3 Å². The van der Waals surface area contributed by atoms with Crippen molar-refractivity contribution in [3.63, 3.8) is 0 Å². The molecule has 1 aliphatic rings. The van der Waals surface area contributed by atoms with Gasteiger partial charge in [-0.3, -0.25) is 9.36 Å². The zero-order valence-electron chi connectivity index (χ0n) is 27.6. The molecule has 0 saturated carbocycles. The third-order valence-corrected chi connectivity index (χ3v) is 10.3. The van der Waals surface area contributed by atoms with Gasteiger partial charge in [0.15, 0.2) is 16.3 Å². The van der Waals surface area contributed by atoms with Gasteiger partial charge in [-0.1, -0.05) is 53.8 Å². The zero-order valence-corrected chi connectivity index (χ0v) is 32.1. The molecule has 1 aromatic heterocycles. The first-order valence-electron chi connectivity index (χ1n) is 15.7. The Morgan fingerprint density at radius 1 is 1.06 bits per heavy atom. The Labute approximate surface area is 310 Å². The molecule has 8 nitrogen and oxygen atoms in total. The van der Waals surface area contributed by atoms with Crippen LogP contribution < -0.4 is 29.1 Å². The summed E-state index contributed by atoms with van der Waals surface area (Å²) >= 11 is 7.21. The van der Waals surface area contributed by atoms with Gasteiger partial charge < -0.3 is 18.9 Å². The summed E-state index contributed by atoms with van der Waals surface area (Å²) in [5, 5.41) is 2.35. The maximum absolute atomic E-state index is 14.2. The van der Waals surface area contributed by atoms with Gasteiger partial charge in [-0.2, -0.15) is 0 Å². The topological polar surface area (TPSA) is 88.4 Å². The molecular weight excluding hydrogens is 819 g/mol. The highest BCUT2D eigenvalue weighted by atomic mass is 127. The fraction of sp³-hybridized carbons (Fsp3) is 0.237. The van der Waals surface area contributed by atoms with Crippen molar-refractivity contribution in [2.75, 3.05) is 13.7 Å². The van der Waals surface area contributed by atoms with E-state index in [-0.39, 0.29) is 18.3 Å². The average Bonchev–Trinajstić information content (AvgIpc) is 3.37. The molecule has 0 aliphatic carbocycles. The fourth-order valence-corrected chi connectivity index (χ4v) is 8.56. The van der Waals surface area contributed by atoms with Crippen molar-refractivity contribution >= 4 is 72.7 Å². The van der Waals surface area contributed by atoms with Crippen molar-refractivity contribution in [1.29, 1.82) is 0 Å². The van der Waals surface area contributed by atoms with Crippen LogP contribution in [0.4, 0.5) is 0 Å². The van der Waals surface area contributed by atoms with Gasteiger partial charge in [0.2, 0.25) is 0 Å². The van der Waals surface area contributed by atoms with Gasteiger partial charge in [0.25, 0.3) is 5.56 Å². The van der Waals surface area contributed by atoms with Crippen LogP contribution in [0, 0.1) is 3.57 Å². The number of benzene rings is 4. The Hall–Kier alpha value is -3.94. The minimum Gasteiger partial charge on any atom is -0.493 e. The van der Waals surface area contributed by atoms with E-state index >= 15 is 0 Å². The number of nitrogens with zero attached hydrogens (tertiary/aromatic N) is 2. The second-order valence-electron chi connectivity index (χ2n) is 11.7. The largest absolute Gasteiger partial charge is 0.493 e. The van der Waals surface area contributed by atoms with Gasteiger partial charge in [0.05, 0.1) is 49.7 Å². The number of thiazole rings is 1. The minimum atomic E-state index is -0.780. The van der Waals surface area contributed by atoms with E-state index in [1.165, 1.54) is 16.7 Å². The molecular formula is C38H34BrIN2O6S. The van der Waals surface area contributed by atoms with Crippen LogP contribution >= 0.6 is 49.9 Å². The highest BCUT2D eigenvalue weighted by molar-refractivity contribution is 14.1. The molecule has 0 spiro atoms. The number of hydrogen-bond donors (Lipinski definition) is 0.